The van der Waals surface area contributed by atoms with Gasteiger partial charge in [-0.1, -0.05) is 6.92 Å². The normalized spacial score (nSPS) is 11.2. The van der Waals surface area contributed by atoms with Crippen molar-refractivity contribution in [1.82, 2.24) is 0 Å². The van der Waals surface area contributed by atoms with Crippen LogP contribution in [0.25, 0.3) is 0 Å². The molecule has 5 nitrogen and oxygen atoms in total. The molecule has 0 amide bonds. The lowest BCUT2D eigenvalue weighted by Gasteiger charge is -2.09. The van der Waals surface area contributed by atoms with Crippen molar-refractivity contribution in [2.75, 3.05) is 31.0 Å². The molecule has 0 bridgehead atoms. The van der Waals surface area contributed by atoms with Crippen LogP contribution in [-0.4, -0.2) is 33.6 Å². The van der Waals surface area contributed by atoms with Crippen molar-refractivity contribution in [1.29, 1.82) is 0 Å². The minimum atomic E-state index is -2.99. The zero-order valence-corrected chi connectivity index (χ0v) is 10.8. The van der Waals surface area contributed by atoms with Crippen molar-refractivity contribution >= 4 is 15.5 Å². The number of hydrogen-bond acceptors (Lipinski definition) is 5. The zero-order valence-electron chi connectivity index (χ0n) is 9.97. The van der Waals surface area contributed by atoms with Crippen LogP contribution in [0.5, 0.6) is 11.5 Å². The summed E-state index contributed by atoms with van der Waals surface area (Å²) in [6, 6.07) is 4.98. The first-order valence-electron chi connectivity index (χ1n) is 5.25. The van der Waals surface area contributed by atoms with Gasteiger partial charge in [-0.05, 0) is 12.1 Å². The number of sulfone groups is 1. The highest BCUT2D eigenvalue weighted by molar-refractivity contribution is 7.91. The van der Waals surface area contributed by atoms with E-state index in [1.807, 2.05) is 0 Å². The van der Waals surface area contributed by atoms with Crippen LogP contribution in [0.3, 0.4) is 0 Å². The van der Waals surface area contributed by atoms with Crippen LogP contribution >= 0.6 is 0 Å². The second-order valence-electron chi connectivity index (χ2n) is 3.49. The molecule has 0 aliphatic carbocycles. The molecule has 0 atom stereocenters. The van der Waals surface area contributed by atoms with Crippen molar-refractivity contribution in [3.05, 3.63) is 18.2 Å². The monoisotopic (exact) mass is 259 g/mol. The van der Waals surface area contributed by atoms with Gasteiger partial charge in [0.05, 0.1) is 18.6 Å². The first-order chi connectivity index (χ1) is 7.98. The van der Waals surface area contributed by atoms with Crippen molar-refractivity contribution in [2.24, 2.45) is 0 Å². The number of anilines is 1. The summed E-state index contributed by atoms with van der Waals surface area (Å²) in [5.41, 5.74) is 6.15. The molecule has 0 saturated heterocycles. The first kappa shape index (κ1) is 13.6. The summed E-state index contributed by atoms with van der Waals surface area (Å²) in [5.74, 6) is 1.24. The molecule has 1 aromatic rings. The number of hydrogen-bond donors (Lipinski definition) is 1. The van der Waals surface area contributed by atoms with Gasteiger partial charge in [-0.15, -0.1) is 0 Å². The minimum Gasteiger partial charge on any atom is -0.495 e. The molecule has 0 radical (unpaired) electrons. The average molecular weight is 259 g/mol. The highest BCUT2D eigenvalue weighted by Gasteiger charge is 2.08. The van der Waals surface area contributed by atoms with Crippen molar-refractivity contribution in [3.8, 4) is 11.5 Å². The maximum atomic E-state index is 11.2. The lowest BCUT2D eigenvalue weighted by atomic mass is 10.3. The molecule has 17 heavy (non-hydrogen) atoms. The Morgan fingerprint density at radius 1 is 1.35 bits per heavy atom. The standard InChI is InChI=1S/C11H17NO4S/c1-3-17(13,14)7-6-16-9-4-5-11(15-2)10(12)8-9/h4-5,8H,3,6-7,12H2,1-2H3. The predicted molar refractivity (Wildman–Crippen MR) is 67.2 cm³/mol. The molecule has 0 unspecified atom stereocenters. The van der Waals surface area contributed by atoms with E-state index in [9.17, 15) is 8.42 Å². The summed E-state index contributed by atoms with van der Waals surface area (Å²) in [6.45, 7) is 1.74. The molecule has 1 aromatic carbocycles. The molecule has 0 fully saturated rings. The average Bonchev–Trinajstić information content (AvgIpc) is 2.29. The molecular formula is C11H17NO4S. The van der Waals surface area contributed by atoms with Gasteiger partial charge in [0.2, 0.25) is 0 Å². The number of benzene rings is 1. The van der Waals surface area contributed by atoms with E-state index in [4.69, 9.17) is 15.2 Å². The second kappa shape index (κ2) is 5.77. The van der Waals surface area contributed by atoms with E-state index in [0.717, 1.165) is 0 Å². The van der Waals surface area contributed by atoms with Crippen LogP contribution in [0.2, 0.25) is 0 Å². The summed E-state index contributed by atoms with van der Waals surface area (Å²) >= 11 is 0. The Morgan fingerprint density at radius 2 is 2.06 bits per heavy atom. The topological polar surface area (TPSA) is 78.6 Å². The van der Waals surface area contributed by atoms with Crippen LogP contribution in [-0.2, 0) is 9.84 Å². The van der Waals surface area contributed by atoms with Crippen molar-refractivity contribution < 1.29 is 17.9 Å². The molecule has 2 N–H and O–H groups in total. The summed E-state index contributed by atoms with van der Waals surface area (Å²) < 4.78 is 32.8. The Morgan fingerprint density at radius 3 is 2.59 bits per heavy atom. The van der Waals surface area contributed by atoms with Gasteiger partial charge in [-0.3, -0.25) is 0 Å². The lowest BCUT2D eigenvalue weighted by Crippen LogP contribution is -2.15. The first-order valence-corrected chi connectivity index (χ1v) is 7.07. The van der Waals surface area contributed by atoms with E-state index in [1.54, 1.807) is 25.1 Å². The van der Waals surface area contributed by atoms with E-state index in [0.29, 0.717) is 17.2 Å². The van der Waals surface area contributed by atoms with Crippen molar-refractivity contribution in [2.45, 2.75) is 6.92 Å². The molecule has 0 aliphatic heterocycles. The van der Waals surface area contributed by atoms with Crippen LogP contribution in [0, 0.1) is 0 Å². The fourth-order valence-corrected chi connectivity index (χ4v) is 1.86. The minimum absolute atomic E-state index is 0.00936. The quantitative estimate of drug-likeness (QED) is 0.774. The molecule has 96 valence electrons. The maximum absolute atomic E-state index is 11.2. The number of nitrogens with two attached hydrogens (primary N) is 1. The van der Waals surface area contributed by atoms with Crippen molar-refractivity contribution in [3.63, 3.8) is 0 Å². The molecular weight excluding hydrogens is 242 g/mol. The fraction of sp³-hybridized carbons (Fsp3) is 0.455. The van der Waals surface area contributed by atoms with Gasteiger partial charge in [-0.2, -0.15) is 0 Å². The van der Waals surface area contributed by atoms with Crippen LogP contribution in [0.1, 0.15) is 6.92 Å². The SMILES string of the molecule is CCS(=O)(=O)CCOc1ccc(OC)c(N)c1. The molecule has 6 heteroatoms. The van der Waals surface area contributed by atoms with Crippen LogP contribution in [0.4, 0.5) is 5.69 Å². The molecule has 1 rings (SSSR count). The molecule has 0 spiro atoms. The van der Waals surface area contributed by atoms with E-state index >= 15 is 0 Å². The largest absolute Gasteiger partial charge is 0.495 e. The summed E-state index contributed by atoms with van der Waals surface area (Å²) in [6.07, 6.45) is 0. The Labute approximate surface area is 101 Å². The highest BCUT2D eigenvalue weighted by Crippen LogP contribution is 2.25. The predicted octanol–water partition coefficient (Wildman–Crippen LogP) is 1.09. The third-order valence-electron chi connectivity index (χ3n) is 2.30. The fourth-order valence-electron chi connectivity index (χ4n) is 1.23. The molecule has 0 aromatic heterocycles. The second-order valence-corrected chi connectivity index (χ2v) is 5.96. The van der Waals surface area contributed by atoms with E-state index < -0.39 is 9.84 Å². The van der Waals surface area contributed by atoms with Crippen LogP contribution < -0.4 is 15.2 Å². The van der Waals surface area contributed by atoms with Gasteiger partial charge in [0, 0.05) is 11.8 Å². The summed E-state index contributed by atoms with van der Waals surface area (Å²) in [7, 11) is -1.47. The Balaban J connectivity index is 2.56. The Hall–Kier alpha value is -1.43. The van der Waals surface area contributed by atoms with Gasteiger partial charge < -0.3 is 15.2 Å². The summed E-state index contributed by atoms with van der Waals surface area (Å²) in [5, 5.41) is 0. The van der Waals surface area contributed by atoms with E-state index in [2.05, 4.69) is 0 Å². The number of nitrogen functional groups attached to an aromatic ring is 1. The molecule has 0 heterocycles. The zero-order chi connectivity index (χ0) is 12.9. The lowest BCUT2D eigenvalue weighted by molar-refractivity contribution is 0.340. The highest BCUT2D eigenvalue weighted by atomic mass is 32.2. The Kier molecular flexibility index (Phi) is 4.62. The van der Waals surface area contributed by atoms with E-state index in [-0.39, 0.29) is 18.1 Å². The number of ether oxygens (including phenoxy) is 2. The summed E-state index contributed by atoms with van der Waals surface area (Å²) in [4.78, 5) is 0. The third-order valence-corrected chi connectivity index (χ3v) is 3.97. The smallest absolute Gasteiger partial charge is 0.153 e. The van der Waals surface area contributed by atoms with Gasteiger partial charge in [-0.25, -0.2) is 8.42 Å². The van der Waals surface area contributed by atoms with Gasteiger partial charge in [0.25, 0.3) is 0 Å². The van der Waals surface area contributed by atoms with Gasteiger partial charge >= 0.3 is 0 Å². The third kappa shape index (κ3) is 4.14. The molecule has 0 saturated carbocycles. The molecule has 0 aliphatic rings. The number of methoxy groups -OCH3 is 1. The van der Waals surface area contributed by atoms with Gasteiger partial charge in [0.15, 0.2) is 9.84 Å². The van der Waals surface area contributed by atoms with Crippen LogP contribution in [0.15, 0.2) is 18.2 Å². The van der Waals surface area contributed by atoms with Gasteiger partial charge in [0.1, 0.15) is 18.1 Å². The number of rotatable bonds is 6. The maximum Gasteiger partial charge on any atom is 0.153 e. The van der Waals surface area contributed by atoms with E-state index in [1.165, 1.54) is 7.11 Å². The Bertz CT molecular complexity index is 470.